The van der Waals surface area contributed by atoms with Crippen molar-refractivity contribution in [3.05, 3.63) is 71.2 Å². The average molecular weight is 363 g/mol. The van der Waals surface area contributed by atoms with E-state index in [4.69, 9.17) is 0 Å². The van der Waals surface area contributed by atoms with Gasteiger partial charge in [-0.1, -0.05) is 58.4 Å². The first-order valence-electron chi connectivity index (χ1n) is 7.23. The first-order chi connectivity index (χ1) is 10.8. The minimum Gasteiger partial charge on any atom is -0.135 e. The Balaban J connectivity index is 2.06. The molecule has 1 heterocycles. The molecular weight excluding hydrogens is 352 g/mol. The van der Waals surface area contributed by atoms with E-state index in [0.717, 1.165) is 4.47 Å². The summed E-state index contributed by atoms with van der Waals surface area (Å²) in [6, 6.07) is 24.2. The van der Waals surface area contributed by atoms with Crippen LogP contribution in [0.25, 0.3) is 41.7 Å². The van der Waals surface area contributed by atoms with Gasteiger partial charge in [0.15, 0.2) is 0 Å². The van der Waals surface area contributed by atoms with Gasteiger partial charge in [-0.25, -0.2) is 0 Å². The maximum absolute atomic E-state index is 3.56. The van der Waals surface area contributed by atoms with Crippen LogP contribution in [-0.4, -0.2) is 0 Å². The Kier molecular flexibility index (Phi) is 2.61. The smallest absolute Gasteiger partial charge is 0.0361 e. The van der Waals surface area contributed by atoms with Gasteiger partial charge in [0.25, 0.3) is 0 Å². The van der Waals surface area contributed by atoms with Crippen LogP contribution in [0, 0.1) is 0 Å². The van der Waals surface area contributed by atoms with Crippen molar-refractivity contribution < 1.29 is 0 Å². The standard InChI is InChI=1S/C20H11BrS/c21-13-6-8-14-12(11-13)5-7-16-15(14)9-10-19-20(16)17-3-1-2-4-18(17)22-19/h1-11H. The second-order valence-corrected chi connectivity index (χ2v) is 7.56. The predicted octanol–water partition coefficient (Wildman–Crippen LogP) is 7.12. The third-order valence-corrected chi connectivity index (χ3v) is 5.95. The van der Waals surface area contributed by atoms with E-state index in [1.54, 1.807) is 0 Å². The van der Waals surface area contributed by atoms with E-state index in [2.05, 4.69) is 82.7 Å². The number of hydrogen-bond acceptors (Lipinski definition) is 1. The molecule has 0 aliphatic carbocycles. The Bertz CT molecular complexity index is 1180. The Morgan fingerprint density at radius 3 is 2.41 bits per heavy atom. The molecule has 0 radical (unpaired) electrons. The van der Waals surface area contributed by atoms with E-state index in [1.807, 2.05) is 11.3 Å². The molecule has 0 amide bonds. The topological polar surface area (TPSA) is 0 Å². The molecule has 5 aromatic rings. The lowest BCUT2D eigenvalue weighted by atomic mass is 9.98. The van der Waals surface area contributed by atoms with Gasteiger partial charge in [-0.3, -0.25) is 0 Å². The molecule has 0 fully saturated rings. The number of benzene rings is 4. The number of hydrogen-bond donors (Lipinski definition) is 0. The molecule has 0 saturated heterocycles. The zero-order valence-corrected chi connectivity index (χ0v) is 14.0. The van der Waals surface area contributed by atoms with Crippen molar-refractivity contribution in [1.29, 1.82) is 0 Å². The highest BCUT2D eigenvalue weighted by atomic mass is 79.9. The van der Waals surface area contributed by atoms with Crippen molar-refractivity contribution in [3.63, 3.8) is 0 Å². The summed E-state index contributed by atoms with van der Waals surface area (Å²) in [5.41, 5.74) is 0. The predicted molar refractivity (Wildman–Crippen MR) is 102 cm³/mol. The van der Waals surface area contributed by atoms with E-state index in [-0.39, 0.29) is 0 Å². The molecule has 0 bridgehead atoms. The van der Waals surface area contributed by atoms with Crippen LogP contribution < -0.4 is 0 Å². The van der Waals surface area contributed by atoms with Crippen molar-refractivity contribution in [1.82, 2.24) is 0 Å². The molecule has 0 nitrogen and oxygen atoms in total. The van der Waals surface area contributed by atoms with E-state index in [9.17, 15) is 0 Å². The maximum atomic E-state index is 3.56. The lowest BCUT2D eigenvalue weighted by Crippen LogP contribution is -1.79. The van der Waals surface area contributed by atoms with Crippen molar-refractivity contribution >= 4 is 69.0 Å². The molecule has 4 aromatic carbocycles. The summed E-state index contributed by atoms with van der Waals surface area (Å²) in [7, 11) is 0. The fourth-order valence-corrected chi connectivity index (χ4v) is 4.84. The largest absolute Gasteiger partial charge is 0.135 e. The van der Waals surface area contributed by atoms with Crippen LogP contribution >= 0.6 is 27.3 Å². The highest BCUT2D eigenvalue weighted by Crippen LogP contribution is 2.40. The first kappa shape index (κ1) is 12.6. The first-order valence-corrected chi connectivity index (χ1v) is 8.84. The van der Waals surface area contributed by atoms with Gasteiger partial charge in [0.2, 0.25) is 0 Å². The lowest BCUT2D eigenvalue weighted by Gasteiger charge is -2.06. The fourth-order valence-electron chi connectivity index (χ4n) is 3.34. The van der Waals surface area contributed by atoms with E-state index < -0.39 is 0 Å². The second kappa shape index (κ2) is 4.55. The Morgan fingerprint density at radius 1 is 0.636 bits per heavy atom. The molecule has 0 N–H and O–H groups in total. The number of thiophene rings is 1. The zero-order valence-electron chi connectivity index (χ0n) is 11.6. The molecule has 0 aliphatic rings. The summed E-state index contributed by atoms with van der Waals surface area (Å²) in [6.45, 7) is 0. The SMILES string of the molecule is Brc1ccc2c(ccc3c2ccc2sc4ccccc4c23)c1. The normalized spacial score (nSPS) is 11.9. The van der Waals surface area contributed by atoms with Crippen LogP contribution in [0.15, 0.2) is 71.2 Å². The number of fused-ring (bicyclic) bond motifs is 7. The fraction of sp³-hybridized carbons (Fsp3) is 0. The van der Waals surface area contributed by atoms with Gasteiger partial charge < -0.3 is 0 Å². The van der Waals surface area contributed by atoms with Crippen LogP contribution in [0.2, 0.25) is 0 Å². The summed E-state index contributed by atoms with van der Waals surface area (Å²) in [5.74, 6) is 0. The molecule has 0 aliphatic heterocycles. The third-order valence-electron chi connectivity index (χ3n) is 4.32. The third kappa shape index (κ3) is 1.68. The molecular formula is C20H11BrS. The molecule has 0 saturated carbocycles. The van der Waals surface area contributed by atoms with Gasteiger partial charge in [-0.2, -0.15) is 0 Å². The lowest BCUT2D eigenvalue weighted by molar-refractivity contribution is 1.74. The van der Waals surface area contributed by atoms with Gasteiger partial charge in [0.1, 0.15) is 0 Å². The Labute approximate surface area is 140 Å². The van der Waals surface area contributed by atoms with Crippen LogP contribution in [0.5, 0.6) is 0 Å². The van der Waals surface area contributed by atoms with Gasteiger partial charge in [0.05, 0.1) is 0 Å². The van der Waals surface area contributed by atoms with Crippen LogP contribution in [0.3, 0.4) is 0 Å². The van der Waals surface area contributed by atoms with Gasteiger partial charge >= 0.3 is 0 Å². The molecule has 5 rings (SSSR count). The second-order valence-electron chi connectivity index (χ2n) is 5.56. The summed E-state index contributed by atoms with van der Waals surface area (Å²) in [5, 5.41) is 8.04. The Hall–Kier alpha value is -1.90. The van der Waals surface area contributed by atoms with E-state index in [1.165, 1.54) is 41.7 Å². The number of rotatable bonds is 0. The van der Waals surface area contributed by atoms with Crippen molar-refractivity contribution in [2.24, 2.45) is 0 Å². The summed E-state index contributed by atoms with van der Waals surface area (Å²) in [6.07, 6.45) is 0. The monoisotopic (exact) mass is 362 g/mol. The quantitative estimate of drug-likeness (QED) is 0.257. The highest BCUT2D eigenvalue weighted by Gasteiger charge is 2.10. The molecule has 104 valence electrons. The number of halogens is 1. The minimum absolute atomic E-state index is 1.13. The zero-order chi connectivity index (χ0) is 14.7. The van der Waals surface area contributed by atoms with Crippen molar-refractivity contribution in [2.45, 2.75) is 0 Å². The highest BCUT2D eigenvalue weighted by molar-refractivity contribution is 9.10. The van der Waals surface area contributed by atoms with Crippen molar-refractivity contribution in [2.75, 3.05) is 0 Å². The van der Waals surface area contributed by atoms with Gasteiger partial charge in [-0.15, -0.1) is 11.3 Å². The average Bonchev–Trinajstić information content (AvgIpc) is 2.93. The summed E-state index contributed by atoms with van der Waals surface area (Å²) in [4.78, 5) is 0. The summed E-state index contributed by atoms with van der Waals surface area (Å²) < 4.78 is 3.85. The molecule has 1 aromatic heterocycles. The van der Waals surface area contributed by atoms with E-state index >= 15 is 0 Å². The van der Waals surface area contributed by atoms with Gasteiger partial charge in [0, 0.05) is 24.6 Å². The van der Waals surface area contributed by atoms with Crippen LogP contribution in [-0.2, 0) is 0 Å². The molecule has 0 unspecified atom stereocenters. The minimum atomic E-state index is 1.13. The van der Waals surface area contributed by atoms with Crippen molar-refractivity contribution in [3.8, 4) is 0 Å². The maximum Gasteiger partial charge on any atom is 0.0361 e. The van der Waals surface area contributed by atoms with E-state index in [0.29, 0.717) is 0 Å². The molecule has 2 heteroatoms. The van der Waals surface area contributed by atoms with Crippen LogP contribution in [0.4, 0.5) is 0 Å². The summed E-state index contributed by atoms with van der Waals surface area (Å²) >= 11 is 5.44. The Morgan fingerprint density at radius 2 is 1.45 bits per heavy atom. The van der Waals surface area contributed by atoms with Gasteiger partial charge in [-0.05, 0) is 45.8 Å². The molecule has 22 heavy (non-hydrogen) atoms. The van der Waals surface area contributed by atoms with Crippen LogP contribution in [0.1, 0.15) is 0 Å². The molecule has 0 spiro atoms. The molecule has 0 atom stereocenters.